The number of carbonyl (C=O) groups is 1. The number of esters is 1. The minimum Gasteiger partial charge on any atom is -0.469 e. The van der Waals surface area contributed by atoms with Gasteiger partial charge in [0.1, 0.15) is 0 Å². The van der Waals surface area contributed by atoms with Gasteiger partial charge in [0.15, 0.2) is 0 Å². The Bertz CT molecular complexity index is 502. The molecule has 0 radical (unpaired) electrons. The molecule has 2 aliphatic heterocycles. The molecule has 2 heterocycles. The van der Waals surface area contributed by atoms with Gasteiger partial charge >= 0.3 is 5.97 Å². The van der Waals surface area contributed by atoms with Crippen molar-refractivity contribution in [3.05, 3.63) is 33.4 Å². The number of ether oxygens (including phenoxy) is 1. The molecule has 2 saturated heterocycles. The molecule has 0 spiro atoms. The second kappa shape index (κ2) is 5.64. The fraction of sp³-hybridized carbons (Fsp3) is 0.562. The van der Waals surface area contributed by atoms with Gasteiger partial charge in [-0.3, -0.25) is 9.69 Å². The minimum atomic E-state index is -0.0502. The van der Waals surface area contributed by atoms with Crippen molar-refractivity contribution in [3.8, 4) is 0 Å². The fourth-order valence-corrected chi connectivity index (χ4v) is 4.34. The van der Waals surface area contributed by atoms with Crippen molar-refractivity contribution in [2.45, 2.75) is 37.3 Å². The highest BCUT2D eigenvalue weighted by Crippen LogP contribution is 2.46. The van der Waals surface area contributed by atoms with E-state index < -0.39 is 0 Å². The summed E-state index contributed by atoms with van der Waals surface area (Å²) in [5.41, 5.74) is 1.28. The Morgan fingerprint density at radius 3 is 2.65 bits per heavy atom. The molecule has 2 bridgehead atoms. The second-order valence-electron chi connectivity index (χ2n) is 5.91. The van der Waals surface area contributed by atoms with E-state index in [1.807, 2.05) is 0 Å². The van der Waals surface area contributed by atoms with E-state index in [0.29, 0.717) is 18.0 Å². The quantitative estimate of drug-likeness (QED) is 0.579. The van der Waals surface area contributed by atoms with Crippen molar-refractivity contribution < 1.29 is 9.53 Å². The van der Waals surface area contributed by atoms with Crippen LogP contribution in [-0.2, 0) is 9.53 Å². The summed E-state index contributed by atoms with van der Waals surface area (Å²) < 4.78 is 6.33. The Morgan fingerprint density at radius 1 is 1.30 bits per heavy atom. The molecule has 0 aromatic heterocycles. The molecule has 3 rings (SSSR count). The maximum absolute atomic E-state index is 12.3. The Hall–Kier alpha value is -0.620. The predicted octanol–water partition coefficient (Wildman–Crippen LogP) is 3.03. The molecule has 1 aromatic carbocycles. The van der Waals surface area contributed by atoms with Crippen LogP contribution in [0.2, 0.25) is 0 Å². The maximum Gasteiger partial charge on any atom is 0.310 e. The first kappa shape index (κ1) is 14.3. The van der Waals surface area contributed by atoms with Crippen molar-refractivity contribution in [1.82, 2.24) is 4.90 Å². The van der Waals surface area contributed by atoms with E-state index in [4.69, 9.17) is 4.74 Å². The Balaban J connectivity index is 1.95. The molecular weight excluding hydrogens is 365 g/mol. The lowest BCUT2D eigenvalue weighted by molar-refractivity contribution is -0.150. The minimum absolute atomic E-state index is 0.0242. The zero-order valence-electron chi connectivity index (χ0n) is 11.9. The van der Waals surface area contributed by atoms with Crippen molar-refractivity contribution in [2.24, 2.45) is 5.92 Å². The van der Waals surface area contributed by atoms with Crippen molar-refractivity contribution >= 4 is 28.6 Å². The molecule has 108 valence electrons. The highest BCUT2D eigenvalue weighted by atomic mass is 127. The van der Waals surface area contributed by atoms with Crippen molar-refractivity contribution in [1.29, 1.82) is 0 Å². The highest BCUT2D eigenvalue weighted by molar-refractivity contribution is 14.1. The van der Waals surface area contributed by atoms with Crippen LogP contribution in [0.4, 0.5) is 0 Å². The number of benzene rings is 1. The van der Waals surface area contributed by atoms with Gasteiger partial charge in [-0.1, -0.05) is 12.1 Å². The molecule has 4 heteroatoms. The number of fused-ring (bicyclic) bond motifs is 2. The number of rotatable bonds is 2. The summed E-state index contributed by atoms with van der Waals surface area (Å²) in [4.78, 5) is 14.7. The standard InChI is InChI=1S/C16H20INO2/c1-18-12-7-8-14(18)15(16(19)20-2)13(9-12)10-3-5-11(17)6-4-10/h3-6,12-15H,7-9H2,1-2H3/t12?,13?,14-,15?/m1/s1. The molecular formula is C16H20INO2. The molecule has 2 fully saturated rings. The number of hydrogen-bond acceptors (Lipinski definition) is 3. The van der Waals surface area contributed by atoms with E-state index in [1.54, 1.807) is 0 Å². The van der Waals surface area contributed by atoms with Crippen LogP contribution in [0.5, 0.6) is 0 Å². The number of methoxy groups -OCH3 is 1. The SMILES string of the molecule is COC(=O)C1C(c2ccc(I)cc2)CC2CC[C@H]1N2C. The third-order valence-electron chi connectivity index (χ3n) is 5.04. The van der Waals surface area contributed by atoms with Crippen LogP contribution in [0.1, 0.15) is 30.7 Å². The molecule has 1 aromatic rings. The molecule has 0 amide bonds. The molecule has 3 nitrogen and oxygen atoms in total. The van der Waals surface area contributed by atoms with E-state index in [-0.39, 0.29) is 11.9 Å². The van der Waals surface area contributed by atoms with Gasteiger partial charge in [0.05, 0.1) is 13.0 Å². The lowest BCUT2D eigenvalue weighted by Gasteiger charge is -2.41. The van der Waals surface area contributed by atoms with Gasteiger partial charge in [0.2, 0.25) is 0 Å². The van der Waals surface area contributed by atoms with Crippen molar-refractivity contribution in [3.63, 3.8) is 0 Å². The first-order valence-corrected chi connectivity index (χ1v) is 8.25. The number of carbonyl (C=O) groups excluding carboxylic acids is 1. The summed E-state index contributed by atoms with van der Waals surface area (Å²) in [6, 6.07) is 9.56. The summed E-state index contributed by atoms with van der Waals surface area (Å²) in [5.74, 6) is 0.225. The largest absolute Gasteiger partial charge is 0.469 e. The number of piperidine rings is 1. The molecule has 20 heavy (non-hydrogen) atoms. The average molecular weight is 385 g/mol. The Kier molecular flexibility index (Phi) is 4.04. The van der Waals surface area contributed by atoms with Gasteiger partial charge in [0, 0.05) is 21.6 Å². The number of hydrogen-bond donors (Lipinski definition) is 0. The van der Waals surface area contributed by atoms with Gasteiger partial charge in [-0.25, -0.2) is 0 Å². The molecule has 2 aliphatic rings. The van der Waals surface area contributed by atoms with Crippen molar-refractivity contribution in [2.75, 3.05) is 14.2 Å². The summed E-state index contributed by atoms with van der Waals surface area (Å²) in [6.45, 7) is 0. The maximum atomic E-state index is 12.3. The van der Waals surface area contributed by atoms with E-state index in [2.05, 4.69) is 58.8 Å². The van der Waals surface area contributed by atoms with Gasteiger partial charge < -0.3 is 4.74 Å². The second-order valence-corrected chi connectivity index (χ2v) is 7.15. The lowest BCUT2D eigenvalue weighted by Crippen LogP contribution is -2.49. The van der Waals surface area contributed by atoms with E-state index >= 15 is 0 Å². The zero-order chi connectivity index (χ0) is 14.3. The van der Waals surface area contributed by atoms with Crippen LogP contribution in [0.3, 0.4) is 0 Å². The average Bonchev–Trinajstić information content (AvgIpc) is 2.70. The topological polar surface area (TPSA) is 29.5 Å². The Labute approximate surface area is 133 Å². The van der Waals surface area contributed by atoms with Gasteiger partial charge in [0.25, 0.3) is 0 Å². The third-order valence-corrected chi connectivity index (χ3v) is 5.76. The normalized spacial score (nSPS) is 33.1. The zero-order valence-corrected chi connectivity index (χ0v) is 14.0. The van der Waals surface area contributed by atoms with Crippen LogP contribution in [0, 0.1) is 9.49 Å². The molecule has 3 unspecified atom stereocenters. The van der Waals surface area contributed by atoms with Crippen LogP contribution in [0.15, 0.2) is 24.3 Å². The van der Waals surface area contributed by atoms with Gasteiger partial charge in [-0.05, 0) is 66.6 Å². The molecule has 0 aliphatic carbocycles. The van der Waals surface area contributed by atoms with E-state index in [9.17, 15) is 4.79 Å². The fourth-order valence-electron chi connectivity index (χ4n) is 3.98. The molecule has 0 saturated carbocycles. The monoisotopic (exact) mass is 385 g/mol. The van der Waals surface area contributed by atoms with Gasteiger partial charge in [-0.2, -0.15) is 0 Å². The molecule has 0 N–H and O–H groups in total. The summed E-state index contributed by atoms with van der Waals surface area (Å²) in [5, 5.41) is 0. The smallest absolute Gasteiger partial charge is 0.310 e. The lowest BCUT2D eigenvalue weighted by atomic mass is 9.76. The van der Waals surface area contributed by atoms with E-state index in [1.165, 1.54) is 22.7 Å². The van der Waals surface area contributed by atoms with Gasteiger partial charge in [-0.15, -0.1) is 0 Å². The van der Waals surface area contributed by atoms with Crippen LogP contribution in [-0.4, -0.2) is 37.1 Å². The van der Waals surface area contributed by atoms with Crippen LogP contribution in [0.25, 0.3) is 0 Å². The summed E-state index contributed by atoms with van der Waals surface area (Å²) in [7, 11) is 3.66. The summed E-state index contributed by atoms with van der Waals surface area (Å²) >= 11 is 2.32. The Morgan fingerprint density at radius 2 is 2.00 bits per heavy atom. The molecule has 4 atom stereocenters. The third kappa shape index (κ3) is 2.37. The highest BCUT2D eigenvalue weighted by Gasteiger charge is 2.49. The first-order valence-electron chi connectivity index (χ1n) is 7.17. The number of halogens is 1. The van der Waals surface area contributed by atoms with Crippen LogP contribution < -0.4 is 0 Å². The number of nitrogens with zero attached hydrogens (tertiary/aromatic N) is 1. The predicted molar refractivity (Wildman–Crippen MR) is 86.6 cm³/mol. The summed E-state index contributed by atoms with van der Waals surface area (Å²) in [6.07, 6.45) is 3.38. The van der Waals surface area contributed by atoms with E-state index in [0.717, 1.165) is 12.8 Å². The van der Waals surface area contributed by atoms with Crippen LogP contribution >= 0.6 is 22.6 Å². The first-order chi connectivity index (χ1) is 9.61.